The number of amides is 1. The summed E-state index contributed by atoms with van der Waals surface area (Å²) in [4.78, 5) is 15.1. The van der Waals surface area contributed by atoms with Gasteiger partial charge < -0.3 is 0 Å². The van der Waals surface area contributed by atoms with Crippen molar-refractivity contribution >= 4 is 38.3 Å². The molecule has 122 valence electrons. The molecule has 1 fully saturated rings. The van der Waals surface area contributed by atoms with Crippen molar-refractivity contribution in [3.8, 4) is 0 Å². The summed E-state index contributed by atoms with van der Waals surface area (Å²) in [6.07, 6.45) is 3.11. The van der Waals surface area contributed by atoms with E-state index in [9.17, 15) is 4.79 Å². The van der Waals surface area contributed by atoms with Crippen LogP contribution in [0.1, 0.15) is 36.4 Å². The maximum Gasteiger partial charge on any atom is 0.248 e. The van der Waals surface area contributed by atoms with E-state index in [2.05, 4.69) is 36.3 Å². The summed E-state index contributed by atoms with van der Waals surface area (Å²) in [5.41, 5.74) is 1.01. The smallest absolute Gasteiger partial charge is 0.248 e. The first-order valence-electron chi connectivity index (χ1n) is 7.80. The van der Waals surface area contributed by atoms with Crippen molar-refractivity contribution < 1.29 is 4.79 Å². The van der Waals surface area contributed by atoms with Crippen LogP contribution in [0.5, 0.6) is 0 Å². The van der Waals surface area contributed by atoms with Crippen LogP contribution in [-0.2, 0) is 11.2 Å². The summed E-state index contributed by atoms with van der Waals surface area (Å²) < 4.78 is 1.01. The molecule has 0 saturated carbocycles. The van der Waals surface area contributed by atoms with E-state index in [0.29, 0.717) is 5.13 Å². The Kier molecular flexibility index (Phi) is 5.40. The van der Waals surface area contributed by atoms with Crippen LogP contribution >= 0.6 is 27.3 Å². The van der Waals surface area contributed by atoms with Crippen LogP contribution in [0.2, 0.25) is 0 Å². The van der Waals surface area contributed by atoms with Crippen LogP contribution in [0.4, 0.5) is 5.13 Å². The summed E-state index contributed by atoms with van der Waals surface area (Å²) in [6.45, 7) is 3.93. The van der Waals surface area contributed by atoms with E-state index in [1.807, 2.05) is 31.2 Å². The SMILES string of the molecule is CCc1nnc(NC(=O)C(c2ccc(Br)cc2)N2CCCC2)s1. The van der Waals surface area contributed by atoms with Crippen molar-refractivity contribution in [1.29, 1.82) is 0 Å². The van der Waals surface area contributed by atoms with Crippen molar-refractivity contribution in [2.24, 2.45) is 0 Å². The minimum Gasteiger partial charge on any atom is -0.299 e. The van der Waals surface area contributed by atoms with Crippen LogP contribution < -0.4 is 5.32 Å². The number of hydrogen-bond acceptors (Lipinski definition) is 5. The Morgan fingerprint density at radius 2 is 2.00 bits per heavy atom. The van der Waals surface area contributed by atoms with Gasteiger partial charge in [0.25, 0.3) is 0 Å². The maximum absolute atomic E-state index is 12.9. The molecule has 1 saturated heterocycles. The minimum atomic E-state index is -0.278. The molecule has 5 nitrogen and oxygen atoms in total. The van der Waals surface area contributed by atoms with Gasteiger partial charge in [-0.2, -0.15) is 0 Å². The lowest BCUT2D eigenvalue weighted by Gasteiger charge is -2.26. The van der Waals surface area contributed by atoms with E-state index in [4.69, 9.17) is 0 Å². The molecule has 0 spiro atoms. The number of likely N-dealkylation sites (tertiary alicyclic amines) is 1. The minimum absolute atomic E-state index is 0.0342. The molecular weight excluding hydrogens is 376 g/mol. The van der Waals surface area contributed by atoms with Crippen molar-refractivity contribution in [3.05, 3.63) is 39.3 Å². The molecule has 2 heterocycles. The van der Waals surface area contributed by atoms with E-state index in [1.165, 1.54) is 11.3 Å². The van der Waals surface area contributed by atoms with Gasteiger partial charge >= 0.3 is 0 Å². The topological polar surface area (TPSA) is 58.1 Å². The highest BCUT2D eigenvalue weighted by atomic mass is 79.9. The van der Waals surface area contributed by atoms with Crippen molar-refractivity contribution in [2.75, 3.05) is 18.4 Å². The summed E-state index contributed by atoms with van der Waals surface area (Å²) in [5, 5.41) is 12.6. The number of halogens is 1. The van der Waals surface area contributed by atoms with Crippen LogP contribution in [0.15, 0.2) is 28.7 Å². The Labute approximate surface area is 148 Å². The first-order chi connectivity index (χ1) is 11.2. The number of benzene rings is 1. The Hall–Kier alpha value is -1.31. The third-order valence-corrected chi connectivity index (χ3v) is 5.45. The van der Waals surface area contributed by atoms with Crippen LogP contribution in [0, 0.1) is 0 Å². The highest BCUT2D eigenvalue weighted by Gasteiger charge is 2.30. The second-order valence-electron chi connectivity index (χ2n) is 5.54. The van der Waals surface area contributed by atoms with Gasteiger partial charge in [-0.1, -0.05) is 46.3 Å². The van der Waals surface area contributed by atoms with Crippen LogP contribution in [-0.4, -0.2) is 34.1 Å². The van der Waals surface area contributed by atoms with E-state index in [1.54, 1.807) is 0 Å². The molecule has 1 amide bonds. The quantitative estimate of drug-likeness (QED) is 0.840. The summed E-state index contributed by atoms with van der Waals surface area (Å²) in [6, 6.07) is 7.69. The molecule has 0 bridgehead atoms. The fourth-order valence-corrected chi connectivity index (χ4v) is 3.74. The zero-order chi connectivity index (χ0) is 16.2. The number of aromatic nitrogens is 2. The van der Waals surface area contributed by atoms with Crippen LogP contribution in [0.3, 0.4) is 0 Å². The van der Waals surface area contributed by atoms with Gasteiger partial charge in [-0.25, -0.2) is 0 Å². The summed E-state index contributed by atoms with van der Waals surface area (Å²) >= 11 is 4.89. The molecule has 2 aromatic rings. The predicted octanol–water partition coefficient (Wildman–Crippen LogP) is 3.64. The Morgan fingerprint density at radius 3 is 2.61 bits per heavy atom. The fourth-order valence-electron chi connectivity index (χ4n) is 2.79. The van der Waals surface area contributed by atoms with Crippen LogP contribution in [0.25, 0.3) is 0 Å². The number of aryl methyl sites for hydroxylation is 1. The summed E-state index contributed by atoms with van der Waals surface area (Å²) in [7, 11) is 0. The van der Waals surface area contributed by atoms with E-state index >= 15 is 0 Å². The second-order valence-corrected chi connectivity index (χ2v) is 7.52. The second kappa shape index (κ2) is 7.51. The maximum atomic E-state index is 12.9. The highest BCUT2D eigenvalue weighted by Crippen LogP contribution is 2.28. The molecule has 7 heteroatoms. The van der Waals surface area contributed by atoms with Gasteiger partial charge in [-0.3, -0.25) is 15.0 Å². The standard InChI is InChI=1S/C16H19BrN4OS/c1-2-13-19-20-16(23-13)18-15(22)14(21-9-3-4-10-21)11-5-7-12(17)8-6-11/h5-8,14H,2-4,9-10H2,1H3,(H,18,20,22). The lowest BCUT2D eigenvalue weighted by Crippen LogP contribution is -2.35. The lowest BCUT2D eigenvalue weighted by molar-refractivity contribution is -0.121. The zero-order valence-corrected chi connectivity index (χ0v) is 15.4. The van der Waals surface area contributed by atoms with Gasteiger partial charge in [-0.15, -0.1) is 10.2 Å². The fraction of sp³-hybridized carbons (Fsp3) is 0.438. The molecule has 0 aliphatic carbocycles. The first-order valence-corrected chi connectivity index (χ1v) is 9.41. The van der Waals surface area contributed by atoms with Gasteiger partial charge in [0.15, 0.2) is 0 Å². The molecule has 1 aromatic carbocycles. The predicted molar refractivity (Wildman–Crippen MR) is 95.6 cm³/mol. The van der Waals surface area contributed by atoms with Gasteiger partial charge in [0, 0.05) is 4.47 Å². The molecule has 3 rings (SSSR count). The average Bonchev–Trinajstić information content (AvgIpc) is 3.21. The third kappa shape index (κ3) is 3.97. The molecule has 1 atom stereocenters. The summed E-state index contributed by atoms with van der Waals surface area (Å²) in [5.74, 6) is -0.0342. The van der Waals surface area contributed by atoms with Gasteiger partial charge in [0.05, 0.1) is 0 Å². The zero-order valence-electron chi connectivity index (χ0n) is 13.0. The largest absolute Gasteiger partial charge is 0.299 e. The number of nitrogens with zero attached hydrogens (tertiary/aromatic N) is 3. The lowest BCUT2D eigenvalue weighted by atomic mass is 10.0. The number of anilines is 1. The first kappa shape index (κ1) is 16.5. The molecule has 1 unspecified atom stereocenters. The highest BCUT2D eigenvalue weighted by molar-refractivity contribution is 9.10. The third-order valence-electron chi connectivity index (χ3n) is 3.94. The number of nitrogens with one attached hydrogen (secondary N) is 1. The molecule has 23 heavy (non-hydrogen) atoms. The molecule has 1 N–H and O–H groups in total. The number of hydrogen-bond donors (Lipinski definition) is 1. The Bertz CT molecular complexity index is 667. The Morgan fingerprint density at radius 1 is 1.30 bits per heavy atom. The molecule has 1 aromatic heterocycles. The van der Waals surface area contributed by atoms with Gasteiger partial charge in [-0.05, 0) is 50.0 Å². The van der Waals surface area contributed by atoms with E-state index in [-0.39, 0.29) is 11.9 Å². The molecule has 0 radical (unpaired) electrons. The number of rotatable bonds is 5. The van der Waals surface area contributed by atoms with Gasteiger partial charge in [0.1, 0.15) is 11.0 Å². The van der Waals surface area contributed by atoms with E-state index in [0.717, 1.165) is 47.4 Å². The normalized spacial score (nSPS) is 16.4. The van der Waals surface area contributed by atoms with Gasteiger partial charge in [0.2, 0.25) is 11.0 Å². The number of carbonyl (C=O) groups is 1. The molecular formula is C16H19BrN4OS. The monoisotopic (exact) mass is 394 g/mol. The van der Waals surface area contributed by atoms with Crippen molar-refractivity contribution in [3.63, 3.8) is 0 Å². The van der Waals surface area contributed by atoms with E-state index < -0.39 is 0 Å². The number of carbonyl (C=O) groups excluding carboxylic acids is 1. The Balaban J connectivity index is 1.81. The van der Waals surface area contributed by atoms with Crippen molar-refractivity contribution in [1.82, 2.24) is 15.1 Å². The molecule has 1 aliphatic heterocycles. The average molecular weight is 395 g/mol. The van der Waals surface area contributed by atoms with Crippen molar-refractivity contribution in [2.45, 2.75) is 32.2 Å². The molecule has 1 aliphatic rings.